The van der Waals surface area contributed by atoms with Crippen LogP contribution in [0.5, 0.6) is 0 Å². The first-order valence-corrected chi connectivity index (χ1v) is 6.07. The Labute approximate surface area is 96.6 Å². The van der Waals surface area contributed by atoms with Gasteiger partial charge in [0.15, 0.2) is 0 Å². The fourth-order valence-electron chi connectivity index (χ4n) is 2.23. The summed E-state index contributed by atoms with van der Waals surface area (Å²) < 4.78 is 0. The third-order valence-electron chi connectivity index (χ3n) is 3.20. The first kappa shape index (κ1) is 13.0. The first-order chi connectivity index (χ1) is 7.59. The van der Waals surface area contributed by atoms with Crippen molar-refractivity contribution in [1.29, 1.82) is 0 Å². The van der Waals surface area contributed by atoms with Crippen LogP contribution in [0.15, 0.2) is 0 Å². The lowest BCUT2D eigenvalue weighted by Gasteiger charge is -2.11. The average molecular weight is 227 g/mol. The van der Waals surface area contributed by atoms with Gasteiger partial charge in [-0.25, -0.2) is 4.79 Å². The molecule has 4 heteroatoms. The summed E-state index contributed by atoms with van der Waals surface area (Å²) in [6.45, 7) is 3.01. The van der Waals surface area contributed by atoms with Crippen LogP contribution in [0.25, 0.3) is 0 Å². The highest BCUT2D eigenvalue weighted by Gasteiger charge is 2.24. The van der Waals surface area contributed by atoms with Crippen LogP contribution in [0.3, 0.4) is 0 Å². The van der Waals surface area contributed by atoms with E-state index in [1.807, 2.05) is 0 Å². The monoisotopic (exact) mass is 227 g/mol. The summed E-state index contributed by atoms with van der Waals surface area (Å²) in [5, 5.41) is 8.79. The Kier molecular flexibility index (Phi) is 5.29. The van der Waals surface area contributed by atoms with Gasteiger partial charge in [0, 0.05) is 19.5 Å². The van der Waals surface area contributed by atoms with E-state index >= 15 is 0 Å². The van der Waals surface area contributed by atoms with Gasteiger partial charge in [-0.05, 0) is 32.1 Å². The number of nitrogens with zero attached hydrogens (tertiary/aromatic N) is 1. The Morgan fingerprint density at radius 1 is 1.31 bits per heavy atom. The molecule has 1 unspecified atom stereocenters. The van der Waals surface area contributed by atoms with E-state index in [1.165, 1.54) is 4.90 Å². The summed E-state index contributed by atoms with van der Waals surface area (Å²) in [5.74, 6) is 0.798. The van der Waals surface area contributed by atoms with Gasteiger partial charge < -0.3 is 14.8 Å². The fraction of sp³-hybridized carbons (Fsp3) is 0.833. The number of unbranched alkanes of at least 4 members (excludes halogenated alkanes) is 2. The van der Waals surface area contributed by atoms with Gasteiger partial charge in [0.25, 0.3) is 0 Å². The highest BCUT2D eigenvalue weighted by atomic mass is 16.4. The minimum Gasteiger partial charge on any atom is -0.465 e. The number of hydrogen-bond acceptors (Lipinski definition) is 2. The Hall–Kier alpha value is -1.06. The third kappa shape index (κ3) is 4.64. The molecule has 0 radical (unpaired) electrons. The Morgan fingerprint density at radius 2 is 2.06 bits per heavy atom. The minimum absolute atomic E-state index is 0.262. The molecule has 1 rings (SSSR count). The van der Waals surface area contributed by atoms with Crippen molar-refractivity contribution >= 4 is 11.9 Å². The zero-order valence-electron chi connectivity index (χ0n) is 9.95. The van der Waals surface area contributed by atoms with Crippen LogP contribution < -0.4 is 0 Å². The second kappa shape index (κ2) is 6.51. The van der Waals surface area contributed by atoms with E-state index in [2.05, 4.69) is 0 Å². The molecule has 1 fully saturated rings. The molecule has 0 spiro atoms. The smallest absolute Gasteiger partial charge is 0.407 e. The third-order valence-corrected chi connectivity index (χ3v) is 3.20. The van der Waals surface area contributed by atoms with Crippen molar-refractivity contribution in [3.05, 3.63) is 0 Å². The van der Waals surface area contributed by atoms with E-state index in [0.29, 0.717) is 25.4 Å². The molecule has 1 aliphatic rings. The van der Waals surface area contributed by atoms with E-state index in [9.17, 15) is 9.59 Å². The molecule has 0 aromatic carbocycles. The van der Waals surface area contributed by atoms with Crippen LogP contribution in [0.2, 0.25) is 0 Å². The minimum atomic E-state index is -0.793. The van der Waals surface area contributed by atoms with Crippen molar-refractivity contribution in [2.45, 2.75) is 45.4 Å². The molecule has 1 atom stereocenters. The summed E-state index contributed by atoms with van der Waals surface area (Å²) in [4.78, 5) is 22.9. The molecule has 1 amide bonds. The summed E-state index contributed by atoms with van der Waals surface area (Å²) in [6, 6.07) is 0. The largest absolute Gasteiger partial charge is 0.465 e. The maximum atomic E-state index is 10.7. The molecule has 0 bridgehead atoms. The quantitative estimate of drug-likeness (QED) is 0.709. The standard InChI is InChI=1S/C12H21NO3/c1-10(14)5-3-2-4-6-11-7-8-13(9-11)12(15)16/h11H,2-9H2,1H3,(H,15,16). The highest BCUT2D eigenvalue weighted by molar-refractivity contribution is 5.75. The van der Waals surface area contributed by atoms with E-state index in [0.717, 1.165) is 32.1 Å². The molecule has 92 valence electrons. The number of Topliss-reactive ketones (excluding diaryl/α,β-unsaturated/α-hetero) is 1. The Bertz CT molecular complexity index is 253. The topological polar surface area (TPSA) is 57.6 Å². The van der Waals surface area contributed by atoms with Crippen LogP contribution in [0, 0.1) is 5.92 Å². The molecule has 1 saturated heterocycles. The molecule has 0 aliphatic carbocycles. The van der Waals surface area contributed by atoms with Crippen LogP contribution in [-0.4, -0.2) is 35.0 Å². The summed E-state index contributed by atoms with van der Waals surface area (Å²) in [6.07, 6.45) is 5.17. The zero-order chi connectivity index (χ0) is 12.0. The molecule has 1 heterocycles. The molecule has 0 aromatic heterocycles. The van der Waals surface area contributed by atoms with Crippen LogP contribution in [0.4, 0.5) is 4.79 Å². The number of ketones is 1. The van der Waals surface area contributed by atoms with Crippen molar-refractivity contribution in [3.8, 4) is 0 Å². The zero-order valence-corrected chi connectivity index (χ0v) is 9.95. The van der Waals surface area contributed by atoms with Gasteiger partial charge >= 0.3 is 6.09 Å². The lowest BCUT2D eigenvalue weighted by atomic mass is 10.00. The predicted octanol–water partition coefficient (Wildman–Crippen LogP) is 2.53. The summed E-state index contributed by atoms with van der Waals surface area (Å²) >= 11 is 0. The number of carboxylic acid groups (broad SMARTS) is 1. The van der Waals surface area contributed by atoms with Gasteiger partial charge in [0.1, 0.15) is 5.78 Å². The van der Waals surface area contributed by atoms with Crippen molar-refractivity contribution in [3.63, 3.8) is 0 Å². The normalized spacial score (nSPS) is 20.1. The lowest BCUT2D eigenvalue weighted by Crippen LogP contribution is -2.26. The van der Waals surface area contributed by atoms with E-state index in [-0.39, 0.29) is 5.78 Å². The number of hydrogen-bond donors (Lipinski definition) is 1. The van der Waals surface area contributed by atoms with Crippen molar-refractivity contribution < 1.29 is 14.7 Å². The van der Waals surface area contributed by atoms with Gasteiger partial charge in [0.05, 0.1) is 0 Å². The molecule has 1 aliphatic heterocycles. The Balaban J connectivity index is 2.02. The van der Waals surface area contributed by atoms with Crippen LogP contribution >= 0.6 is 0 Å². The van der Waals surface area contributed by atoms with Crippen LogP contribution in [0.1, 0.15) is 45.4 Å². The average Bonchev–Trinajstić information content (AvgIpc) is 2.65. The maximum absolute atomic E-state index is 10.7. The SMILES string of the molecule is CC(=O)CCCCCC1CCN(C(=O)O)C1. The van der Waals surface area contributed by atoms with E-state index < -0.39 is 6.09 Å². The molecular formula is C12H21NO3. The van der Waals surface area contributed by atoms with Crippen LogP contribution in [-0.2, 0) is 4.79 Å². The summed E-state index contributed by atoms with van der Waals surface area (Å²) in [5.41, 5.74) is 0. The number of rotatable bonds is 6. The number of likely N-dealkylation sites (tertiary alicyclic amines) is 1. The molecule has 16 heavy (non-hydrogen) atoms. The molecule has 4 nitrogen and oxygen atoms in total. The number of carbonyl (C=O) groups is 2. The van der Waals surface area contributed by atoms with E-state index in [4.69, 9.17) is 5.11 Å². The van der Waals surface area contributed by atoms with Crippen molar-refractivity contribution in [2.24, 2.45) is 5.92 Å². The second-order valence-electron chi connectivity index (χ2n) is 4.68. The van der Waals surface area contributed by atoms with Crippen molar-refractivity contribution in [2.75, 3.05) is 13.1 Å². The highest BCUT2D eigenvalue weighted by Crippen LogP contribution is 2.22. The predicted molar refractivity (Wildman–Crippen MR) is 61.5 cm³/mol. The number of amides is 1. The molecule has 1 N–H and O–H groups in total. The maximum Gasteiger partial charge on any atom is 0.407 e. The fourth-order valence-corrected chi connectivity index (χ4v) is 2.23. The van der Waals surface area contributed by atoms with E-state index in [1.54, 1.807) is 6.92 Å². The second-order valence-corrected chi connectivity index (χ2v) is 4.68. The first-order valence-electron chi connectivity index (χ1n) is 6.07. The Morgan fingerprint density at radius 3 is 2.62 bits per heavy atom. The van der Waals surface area contributed by atoms with Gasteiger partial charge in [-0.15, -0.1) is 0 Å². The van der Waals surface area contributed by atoms with Gasteiger partial charge in [-0.1, -0.05) is 12.8 Å². The van der Waals surface area contributed by atoms with Gasteiger partial charge in [-0.2, -0.15) is 0 Å². The van der Waals surface area contributed by atoms with Gasteiger partial charge in [0.2, 0.25) is 0 Å². The van der Waals surface area contributed by atoms with Crippen molar-refractivity contribution in [1.82, 2.24) is 4.90 Å². The van der Waals surface area contributed by atoms with Gasteiger partial charge in [-0.3, -0.25) is 0 Å². The summed E-state index contributed by atoms with van der Waals surface area (Å²) in [7, 11) is 0. The molecule has 0 aromatic rings. The molecular weight excluding hydrogens is 206 g/mol. The lowest BCUT2D eigenvalue weighted by molar-refractivity contribution is -0.117. The number of carbonyl (C=O) groups excluding carboxylic acids is 1. The molecule has 0 saturated carbocycles.